The Morgan fingerprint density at radius 2 is 1.67 bits per heavy atom. The topological polar surface area (TPSA) is 77.9 Å². The van der Waals surface area contributed by atoms with Gasteiger partial charge in [-0.1, -0.05) is 12.1 Å². The lowest BCUT2D eigenvalue weighted by Gasteiger charge is -2.17. The fourth-order valence-corrected chi connectivity index (χ4v) is 1.71. The van der Waals surface area contributed by atoms with Crippen molar-refractivity contribution in [2.75, 3.05) is 14.2 Å². The molecule has 1 heterocycles. The molecule has 0 spiro atoms. The Kier molecular flexibility index (Phi) is 5.57. The summed E-state index contributed by atoms with van der Waals surface area (Å²) in [6.45, 7) is 6.09. The number of nitrogens with zero attached hydrogens (tertiary/aromatic N) is 3. The lowest BCUT2D eigenvalue weighted by atomic mass is 10.1. The van der Waals surface area contributed by atoms with E-state index in [2.05, 4.69) is 20.5 Å². The molecule has 128 valence electrons. The van der Waals surface area contributed by atoms with Crippen LogP contribution in [0.2, 0.25) is 0 Å². The first-order valence-electron chi connectivity index (χ1n) is 7.45. The number of hydrogen-bond donors (Lipinski definition) is 1. The molecule has 0 radical (unpaired) electrons. The predicted octanol–water partition coefficient (Wildman–Crippen LogP) is 3.01. The lowest BCUT2D eigenvalue weighted by Crippen LogP contribution is -2.31. The van der Waals surface area contributed by atoms with Gasteiger partial charge in [-0.3, -0.25) is 0 Å². The Labute approximate surface area is 141 Å². The molecule has 7 heteroatoms. The summed E-state index contributed by atoms with van der Waals surface area (Å²) in [6.07, 6.45) is 1.69. The molecule has 0 aliphatic heterocycles. The van der Waals surface area contributed by atoms with Gasteiger partial charge in [-0.15, -0.1) is 0 Å². The van der Waals surface area contributed by atoms with Crippen LogP contribution in [-0.4, -0.2) is 35.9 Å². The van der Waals surface area contributed by atoms with Gasteiger partial charge < -0.3 is 19.6 Å². The Balaban J connectivity index is 2.24. The smallest absolute Gasteiger partial charge is 0.328 e. The number of rotatable bonds is 6. The van der Waals surface area contributed by atoms with Crippen LogP contribution in [0.4, 0.5) is 0 Å². The van der Waals surface area contributed by atoms with Crippen LogP contribution in [0.15, 0.2) is 35.4 Å². The number of para-hydroxylation sites is 1. The number of hydrogen-bond acceptors (Lipinski definition) is 7. The Bertz CT molecular complexity index is 689. The van der Waals surface area contributed by atoms with E-state index >= 15 is 0 Å². The van der Waals surface area contributed by atoms with E-state index in [1.165, 1.54) is 14.2 Å². The average Bonchev–Trinajstić information content (AvgIpc) is 2.55. The van der Waals surface area contributed by atoms with Crippen LogP contribution in [0.5, 0.6) is 23.5 Å². The summed E-state index contributed by atoms with van der Waals surface area (Å²) < 4.78 is 16.0. The summed E-state index contributed by atoms with van der Waals surface area (Å²) in [7, 11) is 3.04. The van der Waals surface area contributed by atoms with E-state index in [0.29, 0.717) is 17.5 Å². The summed E-state index contributed by atoms with van der Waals surface area (Å²) in [5, 5.41) is 4.24. The maximum absolute atomic E-state index is 5.78. The molecule has 0 aliphatic carbocycles. The number of methoxy groups -OCH3 is 2. The molecule has 1 aromatic heterocycles. The van der Waals surface area contributed by atoms with Gasteiger partial charge in [-0.05, 0) is 32.9 Å². The molecular weight excluding hydrogens is 308 g/mol. The van der Waals surface area contributed by atoms with Gasteiger partial charge in [0.25, 0.3) is 0 Å². The van der Waals surface area contributed by atoms with Crippen molar-refractivity contribution >= 4 is 6.21 Å². The van der Waals surface area contributed by atoms with Crippen LogP contribution in [0.3, 0.4) is 0 Å². The molecule has 2 aromatic rings. The molecule has 0 saturated carbocycles. The summed E-state index contributed by atoms with van der Waals surface area (Å²) >= 11 is 0. The number of aromatic nitrogens is 2. The summed E-state index contributed by atoms with van der Waals surface area (Å²) in [6, 6.07) is 9.18. The standard InChI is InChI=1S/C17H22N4O3/c1-17(2,3)21-18-11-12-8-6-7-9-13(12)24-16-19-14(22-4)10-15(20-16)23-5/h6-11,21H,1-5H3. The van der Waals surface area contributed by atoms with E-state index < -0.39 is 0 Å². The zero-order valence-electron chi connectivity index (χ0n) is 14.5. The third-order valence-electron chi connectivity index (χ3n) is 2.80. The van der Waals surface area contributed by atoms with Crippen LogP contribution < -0.4 is 19.6 Å². The van der Waals surface area contributed by atoms with Gasteiger partial charge >= 0.3 is 6.01 Å². The Morgan fingerprint density at radius 3 is 2.25 bits per heavy atom. The maximum Gasteiger partial charge on any atom is 0.328 e. The van der Waals surface area contributed by atoms with Gasteiger partial charge in [-0.25, -0.2) is 0 Å². The molecule has 1 aromatic carbocycles. The zero-order chi connectivity index (χ0) is 17.6. The molecule has 1 N–H and O–H groups in total. The van der Waals surface area contributed by atoms with Gasteiger partial charge in [0, 0.05) is 11.1 Å². The Morgan fingerprint density at radius 1 is 1.04 bits per heavy atom. The quantitative estimate of drug-likeness (QED) is 0.648. The SMILES string of the molecule is COc1cc(OC)nc(Oc2ccccc2C=NNC(C)(C)C)n1. The minimum Gasteiger partial charge on any atom is -0.481 e. The van der Waals surface area contributed by atoms with E-state index in [9.17, 15) is 0 Å². The van der Waals surface area contributed by atoms with Crippen molar-refractivity contribution in [3.63, 3.8) is 0 Å². The molecule has 0 fully saturated rings. The first kappa shape index (κ1) is 17.5. The van der Waals surface area contributed by atoms with Crippen molar-refractivity contribution in [1.29, 1.82) is 0 Å². The van der Waals surface area contributed by atoms with Crippen molar-refractivity contribution < 1.29 is 14.2 Å². The fourth-order valence-electron chi connectivity index (χ4n) is 1.71. The highest BCUT2D eigenvalue weighted by Crippen LogP contribution is 2.25. The highest BCUT2D eigenvalue weighted by Gasteiger charge is 2.10. The summed E-state index contributed by atoms with van der Waals surface area (Å²) in [5.74, 6) is 1.29. The summed E-state index contributed by atoms with van der Waals surface area (Å²) in [5.41, 5.74) is 3.72. The first-order valence-corrected chi connectivity index (χ1v) is 7.45. The normalized spacial score (nSPS) is 11.4. The van der Waals surface area contributed by atoms with Crippen LogP contribution in [0, 0.1) is 0 Å². The number of benzene rings is 1. The number of ether oxygens (including phenoxy) is 3. The van der Waals surface area contributed by atoms with Crippen molar-refractivity contribution in [3.8, 4) is 23.5 Å². The molecule has 0 unspecified atom stereocenters. The Hall–Kier alpha value is -2.83. The fraction of sp³-hybridized carbons (Fsp3) is 0.353. The van der Waals surface area contributed by atoms with Crippen LogP contribution in [0.1, 0.15) is 26.3 Å². The number of hydrazone groups is 1. The monoisotopic (exact) mass is 330 g/mol. The van der Waals surface area contributed by atoms with Crippen LogP contribution in [0.25, 0.3) is 0 Å². The van der Waals surface area contributed by atoms with Crippen molar-refractivity contribution in [2.24, 2.45) is 5.10 Å². The molecule has 0 atom stereocenters. The largest absolute Gasteiger partial charge is 0.481 e. The van der Waals surface area contributed by atoms with Crippen molar-refractivity contribution in [3.05, 3.63) is 35.9 Å². The highest BCUT2D eigenvalue weighted by molar-refractivity contribution is 5.83. The third kappa shape index (κ3) is 5.12. The molecule has 7 nitrogen and oxygen atoms in total. The third-order valence-corrected chi connectivity index (χ3v) is 2.80. The first-order chi connectivity index (χ1) is 11.4. The number of nitrogens with one attached hydrogen (secondary N) is 1. The van der Waals surface area contributed by atoms with Gasteiger partial charge in [0.15, 0.2) is 0 Å². The molecule has 0 aliphatic rings. The van der Waals surface area contributed by atoms with E-state index in [0.717, 1.165) is 5.56 Å². The average molecular weight is 330 g/mol. The van der Waals surface area contributed by atoms with Crippen LogP contribution in [-0.2, 0) is 0 Å². The van der Waals surface area contributed by atoms with Crippen molar-refractivity contribution in [2.45, 2.75) is 26.3 Å². The van der Waals surface area contributed by atoms with Crippen molar-refractivity contribution in [1.82, 2.24) is 15.4 Å². The van der Waals surface area contributed by atoms with E-state index in [-0.39, 0.29) is 11.5 Å². The van der Waals surface area contributed by atoms with Gasteiger partial charge in [0.1, 0.15) is 5.75 Å². The highest BCUT2D eigenvalue weighted by atomic mass is 16.5. The minimum absolute atomic E-state index is 0.116. The van der Waals surface area contributed by atoms with Gasteiger partial charge in [0.05, 0.1) is 26.5 Å². The molecular formula is C17H22N4O3. The second-order valence-corrected chi connectivity index (χ2v) is 6.00. The predicted molar refractivity (Wildman–Crippen MR) is 92.1 cm³/mol. The molecule has 0 saturated heterocycles. The molecule has 2 rings (SSSR count). The second kappa shape index (κ2) is 7.63. The van der Waals surface area contributed by atoms with E-state index in [1.807, 2.05) is 45.0 Å². The van der Waals surface area contributed by atoms with E-state index in [4.69, 9.17) is 14.2 Å². The molecule has 0 bridgehead atoms. The zero-order valence-corrected chi connectivity index (χ0v) is 14.5. The van der Waals surface area contributed by atoms with Gasteiger partial charge in [-0.2, -0.15) is 15.1 Å². The second-order valence-electron chi connectivity index (χ2n) is 6.00. The van der Waals surface area contributed by atoms with Gasteiger partial charge in [0.2, 0.25) is 11.8 Å². The van der Waals surface area contributed by atoms with Crippen LogP contribution >= 0.6 is 0 Å². The summed E-state index contributed by atoms with van der Waals surface area (Å²) in [4.78, 5) is 8.32. The molecule has 24 heavy (non-hydrogen) atoms. The lowest BCUT2D eigenvalue weighted by molar-refractivity contribution is 0.348. The maximum atomic E-state index is 5.78. The molecule has 0 amide bonds. The van der Waals surface area contributed by atoms with E-state index in [1.54, 1.807) is 12.3 Å². The minimum atomic E-state index is -0.116.